The van der Waals surface area contributed by atoms with Crippen LogP contribution in [0.1, 0.15) is 51.8 Å². The molecule has 9 heteroatoms. The molecular formula is C26H31N7O2. The quantitative estimate of drug-likeness (QED) is 0.716. The average Bonchev–Trinajstić information content (AvgIpc) is 3.20. The van der Waals surface area contributed by atoms with Gasteiger partial charge in [0.15, 0.2) is 0 Å². The average molecular weight is 474 g/mol. The number of amides is 1. The van der Waals surface area contributed by atoms with Gasteiger partial charge in [0.25, 0.3) is 0 Å². The van der Waals surface area contributed by atoms with Crippen molar-refractivity contribution < 1.29 is 9.53 Å². The molecule has 1 amide bonds. The van der Waals surface area contributed by atoms with Gasteiger partial charge in [0, 0.05) is 49.7 Å². The van der Waals surface area contributed by atoms with Gasteiger partial charge in [-0.25, -0.2) is 4.79 Å². The number of nitrogens with zero attached hydrogens (tertiary/aromatic N) is 6. The van der Waals surface area contributed by atoms with Gasteiger partial charge < -0.3 is 9.64 Å². The molecule has 1 aromatic carbocycles. The molecule has 35 heavy (non-hydrogen) atoms. The molecule has 2 unspecified atom stereocenters. The number of allylic oxidation sites excluding steroid dienone is 2. The number of benzene rings is 1. The Morgan fingerprint density at radius 3 is 2.54 bits per heavy atom. The molecule has 0 aliphatic carbocycles. The third-order valence-corrected chi connectivity index (χ3v) is 6.51. The molecule has 0 spiro atoms. The Bertz CT molecular complexity index is 1280. The minimum Gasteiger partial charge on any atom is -0.444 e. The number of carbonyl (C=O) groups is 1. The molecule has 1 aromatic heterocycles. The van der Waals surface area contributed by atoms with Crippen LogP contribution in [0.5, 0.6) is 0 Å². The number of piperazine rings is 1. The summed E-state index contributed by atoms with van der Waals surface area (Å²) in [6.45, 7) is 12.6. The molecule has 1 saturated heterocycles. The van der Waals surface area contributed by atoms with E-state index in [0.717, 1.165) is 41.0 Å². The smallest absolute Gasteiger partial charge is 0.410 e. The highest BCUT2D eigenvalue weighted by Crippen LogP contribution is 2.39. The molecule has 2 aromatic rings. The number of fused-ring (bicyclic) bond motifs is 1. The summed E-state index contributed by atoms with van der Waals surface area (Å²) in [5.41, 5.74) is 4.14. The Morgan fingerprint density at radius 1 is 1.20 bits per heavy atom. The third-order valence-electron chi connectivity index (χ3n) is 6.51. The number of rotatable bonds is 3. The van der Waals surface area contributed by atoms with E-state index in [4.69, 9.17) is 4.74 Å². The highest BCUT2D eigenvalue weighted by Gasteiger charge is 2.34. The fraction of sp³-hybridized carbons (Fsp3) is 0.500. The van der Waals surface area contributed by atoms with Crippen LogP contribution >= 0.6 is 0 Å². The van der Waals surface area contributed by atoms with Crippen LogP contribution < -0.4 is 0 Å². The van der Waals surface area contributed by atoms with E-state index in [2.05, 4.69) is 32.2 Å². The second-order valence-electron chi connectivity index (χ2n) is 10.2. The predicted molar refractivity (Wildman–Crippen MR) is 132 cm³/mol. The number of hydrogen-bond acceptors (Lipinski definition) is 7. The van der Waals surface area contributed by atoms with E-state index in [1.165, 1.54) is 0 Å². The maximum absolute atomic E-state index is 12.4. The maximum Gasteiger partial charge on any atom is 0.410 e. The van der Waals surface area contributed by atoms with Crippen molar-refractivity contribution in [2.45, 2.75) is 52.7 Å². The van der Waals surface area contributed by atoms with E-state index in [9.17, 15) is 15.3 Å². The first-order valence-corrected chi connectivity index (χ1v) is 11.8. The van der Waals surface area contributed by atoms with Crippen molar-refractivity contribution >= 4 is 22.7 Å². The highest BCUT2D eigenvalue weighted by molar-refractivity contribution is 5.91. The molecule has 0 radical (unpaired) electrons. The molecule has 182 valence electrons. The minimum atomic E-state index is -0.507. The molecule has 1 fully saturated rings. The number of ether oxygens (including phenoxy) is 1. The highest BCUT2D eigenvalue weighted by atomic mass is 16.6. The lowest BCUT2D eigenvalue weighted by molar-refractivity contribution is 0.0138. The van der Waals surface area contributed by atoms with Crippen molar-refractivity contribution in [3.63, 3.8) is 0 Å². The van der Waals surface area contributed by atoms with Crippen LogP contribution in [0.2, 0.25) is 0 Å². The van der Waals surface area contributed by atoms with Crippen LogP contribution in [-0.2, 0) is 11.3 Å². The zero-order valence-corrected chi connectivity index (χ0v) is 20.9. The first-order chi connectivity index (χ1) is 16.6. The lowest BCUT2D eigenvalue weighted by Gasteiger charge is -2.35. The number of nitrogens with one attached hydrogen (secondary N) is 1. The van der Waals surface area contributed by atoms with Crippen molar-refractivity contribution in [2.24, 2.45) is 10.9 Å². The van der Waals surface area contributed by atoms with E-state index in [1.54, 1.807) is 4.90 Å². The Balaban J connectivity index is 1.53. The Kier molecular flexibility index (Phi) is 6.64. The monoisotopic (exact) mass is 473 g/mol. The number of H-pyrrole nitrogens is 1. The van der Waals surface area contributed by atoms with Gasteiger partial charge in [-0.1, -0.05) is 6.07 Å². The number of carbonyl (C=O) groups excluding carboxylic acids is 1. The summed E-state index contributed by atoms with van der Waals surface area (Å²) >= 11 is 0. The lowest BCUT2D eigenvalue weighted by Crippen LogP contribution is -2.49. The van der Waals surface area contributed by atoms with E-state index in [1.807, 2.05) is 52.8 Å². The predicted octanol–water partition coefficient (Wildman–Crippen LogP) is 4.11. The molecule has 2 aliphatic heterocycles. The van der Waals surface area contributed by atoms with Gasteiger partial charge in [0.2, 0.25) is 0 Å². The molecule has 2 aliphatic rings. The maximum atomic E-state index is 12.4. The van der Waals surface area contributed by atoms with Crippen molar-refractivity contribution in [3.8, 4) is 12.1 Å². The van der Waals surface area contributed by atoms with Gasteiger partial charge in [0.05, 0.1) is 40.5 Å². The Labute approximate surface area is 205 Å². The molecule has 9 nitrogen and oxygen atoms in total. The van der Waals surface area contributed by atoms with Gasteiger partial charge in [-0.05, 0) is 52.3 Å². The van der Waals surface area contributed by atoms with Crippen LogP contribution in [0.3, 0.4) is 0 Å². The summed E-state index contributed by atoms with van der Waals surface area (Å²) < 4.78 is 5.49. The van der Waals surface area contributed by atoms with Gasteiger partial charge in [-0.2, -0.15) is 15.6 Å². The van der Waals surface area contributed by atoms with Crippen molar-refractivity contribution in [1.82, 2.24) is 20.0 Å². The zero-order valence-electron chi connectivity index (χ0n) is 20.9. The summed E-state index contributed by atoms with van der Waals surface area (Å²) in [6.07, 6.45) is -0.274. The van der Waals surface area contributed by atoms with Crippen LogP contribution in [0, 0.1) is 28.6 Å². The molecule has 0 bridgehead atoms. The molecule has 2 atom stereocenters. The van der Waals surface area contributed by atoms with Gasteiger partial charge in [-0.3, -0.25) is 15.0 Å². The fourth-order valence-corrected chi connectivity index (χ4v) is 4.74. The number of hydrogen-bond donors (Lipinski definition) is 1. The summed E-state index contributed by atoms with van der Waals surface area (Å²) in [6, 6.07) is 10.6. The van der Waals surface area contributed by atoms with E-state index >= 15 is 0 Å². The van der Waals surface area contributed by atoms with E-state index in [-0.39, 0.29) is 12.0 Å². The summed E-state index contributed by atoms with van der Waals surface area (Å²) in [5, 5.41) is 28.2. The fourth-order valence-electron chi connectivity index (χ4n) is 4.74. The minimum absolute atomic E-state index is 0.274. The molecule has 0 saturated carbocycles. The second-order valence-corrected chi connectivity index (χ2v) is 10.2. The summed E-state index contributed by atoms with van der Waals surface area (Å²) in [5.74, 6) is -0.839. The topological polar surface area (TPSA) is 121 Å². The number of nitriles is 2. The van der Waals surface area contributed by atoms with Crippen molar-refractivity contribution in [1.29, 1.82) is 10.5 Å². The van der Waals surface area contributed by atoms with Crippen LogP contribution in [-0.4, -0.2) is 63.6 Å². The zero-order chi connectivity index (χ0) is 25.3. The largest absolute Gasteiger partial charge is 0.444 e. The SMILES string of the molecule is CC1=NC(C)=C(C#N)C(c2ccc3n[nH]c(CN4CCN(C(=O)OC(C)(C)C)CC4)c3c2)C1C#N. The standard InChI is InChI=1S/C26H31N7O2/c1-16-20(13-27)24(21(14-28)17(2)29-16)18-6-7-22-19(12-18)23(31-30-22)15-32-8-10-33(11-9-32)25(34)35-26(3,4)5/h6-7,12,20,24H,8-11,15H2,1-5H3,(H,30,31). The lowest BCUT2D eigenvalue weighted by atomic mass is 9.76. The van der Waals surface area contributed by atoms with Gasteiger partial charge >= 0.3 is 6.09 Å². The number of aromatic nitrogens is 2. The molecular weight excluding hydrogens is 442 g/mol. The van der Waals surface area contributed by atoms with Crippen molar-refractivity contribution in [2.75, 3.05) is 26.2 Å². The van der Waals surface area contributed by atoms with Gasteiger partial charge in [0.1, 0.15) is 5.60 Å². The third kappa shape index (κ3) is 5.06. The summed E-state index contributed by atoms with van der Waals surface area (Å²) in [4.78, 5) is 20.8. The first kappa shape index (κ1) is 24.4. The van der Waals surface area contributed by atoms with Crippen LogP contribution in [0.15, 0.2) is 34.5 Å². The first-order valence-electron chi connectivity index (χ1n) is 11.8. The molecule has 3 heterocycles. The number of aromatic amines is 1. The van der Waals surface area contributed by atoms with Crippen LogP contribution in [0.4, 0.5) is 4.79 Å². The summed E-state index contributed by atoms with van der Waals surface area (Å²) in [7, 11) is 0. The Morgan fingerprint density at radius 2 is 1.91 bits per heavy atom. The molecule has 4 rings (SSSR count). The second kappa shape index (κ2) is 9.52. The van der Waals surface area contributed by atoms with Crippen molar-refractivity contribution in [3.05, 3.63) is 40.7 Å². The van der Waals surface area contributed by atoms with Gasteiger partial charge in [-0.15, -0.1) is 0 Å². The van der Waals surface area contributed by atoms with E-state index < -0.39 is 11.5 Å². The molecule has 1 N–H and O–H groups in total. The normalized spacial score (nSPS) is 21.5. The Hall–Kier alpha value is -3.69. The van der Waals surface area contributed by atoms with E-state index in [0.29, 0.717) is 30.9 Å². The van der Waals surface area contributed by atoms with Crippen LogP contribution in [0.25, 0.3) is 10.9 Å². The number of aliphatic imine (C=N–C) groups is 1.